The van der Waals surface area contributed by atoms with Crippen molar-refractivity contribution in [3.8, 4) is 0 Å². The van der Waals surface area contributed by atoms with E-state index in [1.807, 2.05) is 30.6 Å². The van der Waals surface area contributed by atoms with E-state index in [4.69, 9.17) is 0 Å². The Hall–Kier alpha value is -0.851. The molecule has 0 fully saturated rings. The van der Waals surface area contributed by atoms with E-state index in [-0.39, 0.29) is 17.1 Å². The van der Waals surface area contributed by atoms with Crippen molar-refractivity contribution in [2.24, 2.45) is 0 Å². The Labute approximate surface area is 75.9 Å². The van der Waals surface area contributed by atoms with Crippen LogP contribution in [0.2, 0.25) is 0 Å². The number of hydrogen-bond acceptors (Lipinski definition) is 1. The third-order valence-corrected chi connectivity index (χ3v) is 1.55. The summed E-state index contributed by atoms with van der Waals surface area (Å²) in [5.41, 5.74) is 0. The van der Waals surface area contributed by atoms with Gasteiger partial charge in [0.25, 0.3) is 0 Å². The second-order valence-corrected chi connectivity index (χ2v) is 2.22. The molecule has 0 aliphatic heterocycles. The summed E-state index contributed by atoms with van der Waals surface area (Å²) in [5.74, 6) is 0. The van der Waals surface area contributed by atoms with Crippen LogP contribution < -0.4 is 0 Å². The normalized spacial score (nSPS) is 9.09. The fourth-order valence-electron chi connectivity index (χ4n) is 1.03. The van der Waals surface area contributed by atoms with Crippen LogP contribution in [0.15, 0.2) is 42.7 Å². The van der Waals surface area contributed by atoms with Crippen molar-refractivity contribution >= 4 is 10.8 Å². The first-order valence-corrected chi connectivity index (χ1v) is 3.25. The van der Waals surface area contributed by atoms with E-state index >= 15 is 0 Å². The molecular formula is C9H7FeN. The van der Waals surface area contributed by atoms with Crippen molar-refractivity contribution in [2.75, 3.05) is 0 Å². The van der Waals surface area contributed by atoms with Gasteiger partial charge in [0.05, 0.1) is 0 Å². The summed E-state index contributed by atoms with van der Waals surface area (Å²) < 4.78 is 0. The maximum absolute atomic E-state index is 4.01. The first kappa shape index (κ1) is 8.25. The monoisotopic (exact) mass is 185 g/mol. The Bertz CT molecular complexity index is 281. The Kier molecular flexibility index (Phi) is 2.64. The van der Waals surface area contributed by atoms with Gasteiger partial charge in [0, 0.05) is 29.5 Å². The molecule has 1 heterocycles. The molecule has 0 N–H and O–H groups in total. The van der Waals surface area contributed by atoms with Crippen molar-refractivity contribution in [2.45, 2.75) is 0 Å². The van der Waals surface area contributed by atoms with E-state index in [9.17, 15) is 0 Å². The predicted octanol–water partition coefficient (Wildman–Crippen LogP) is 2.23. The zero-order valence-corrected chi connectivity index (χ0v) is 6.95. The zero-order chi connectivity index (χ0) is 6.81. The van der Waals surface area contributed by atoms with E-state index in [1.165, 1.54) is 10.8 Å². The SMILES string of the molecule is [Fe].c1ccc2cnccc2c1. The van der Waals surface area contributed by atoms with Crippen molar-refractivity contribution in [3.63, 3.8) is 0 Å². The van der Waals surface area contributed by atoms with Gasteiger partial charge in [-0.2, -0.15) is 0 Å². The molecule has 0 aliphatic carbocycles. The molecule has 0 radical (unpaired) electrons. The summed E-state index contributed by atoms with van der Waals surface area (Å²) in [7, 11) is 0. The minimum absolute atomic E-state index is 0. The van der Waals surface area contributed by atoms with Crippen LogP contribution in [-0.2, 0) is 17.1 Å². The molecule has 56 valence electrons. The van der Waals surface area contributed by atoms with Crippen LogP contribution in [0.4, 0.5) is 0 Å². The molecule has 0 unspecified atom stereocenters. The number of pyridine rings is 1. The number of nitrogens with zero attached hydrogens (tertiary/aromatic N) is 1. The Morgan fingerprint density at radius 1 is 0.909 bits per heavy atom. The van der Waals surface area contributed by atoms with E-state index < -0.39 is 0 Å². The summed E-state index contributed by atoms with van der Waals surface area (Å²) in [6.07, 6.45) is 3.68. The Morgan fingerprint density at radius 2 is 1.64 bits per heavy atom. The smallest absolute Gasteiger partial charge is 0.0346 e. The van der Waals surface area contributed by atoms with Crippen LogP contribution in [0.3, 0.4) is 0 Å². The number of fused-ring (bicyclic) bond motifs is 1. The molecule has 0 aliphatic rings. The van der Waals surface area contributed by atoms with Crippen LogP contribution in [0.25, 0.3) is 10.8 Å². The summed E-state index contributed by atoms with van der Waals surface area (Å²) in [6, 6.07) is 10.2. The molecule has 1 nitrogen and oxygen atoms in total. The minimum Gasteiger partial charge on any atom is -0.264 e. The van der Waals surface area contributed by atoms with Crippen molar-refractivity contribution in [3.05, 3.63) is 42.7 Å². The molecule has 0 amide bonds. The average Bonchev–Trinajstić information content (AvgIpc) is 2.05. The summed E-state index contributed by atoms with van der Waals surface area (Å²) >= 11 is 0. The van der Waals surface area contributed by atoms with E-state index in [0.717, 1.165) is 0 Å². The summed E-state index contributed by atoms with van der Waals surface area (Å²) in [4.78, 5) is 4.01. The van der Waals surface area contributed by atoms with Crippen LogP contribution in [-0.4, -0.2) is 4.98 Å². The zero-order valence-electron chi connectivity index (χ0n) is 5.84. The van der Waals surface area contributed by atoms with Crippen LogP contribution in [0.5, 0.6) is 0 Å². The fourth-order valence-corrected chi connectivity index (χ4v) is 1.03. The third-order valence-electron chi connectivity index (χ3n) is 1.55. The van der Waals surface area contributed by atoms with Gasteiger partial charge in [0.15, 0.2) is 0 Å². The third kappa shape index (κ3) is 1.59. The topological polar surface area (TPSA) is 12.9 Å². The van der Waals surface area contributed by atoms with Gasteiger partial charge in [-0.15, -0.1) is 0 Å². The van der Waals surface area contributed by atoms with Gasteiger partial charge in [-0.1, -0.05) is 24.3 Å². The molecule has 0 saturated carbocycles. The molecule has 2 rings (SSSR count). The fraction of sp³-hybridized carbons (Fsp3) is 0. The maximum atomic E-state index is 4.01. The molecule has 1 aromatic heterocycles. The first-order chi connectivity index (χ1) is 4.97. The average molecular weight is 185 g/mol. The molecule has 2 heteroatoms. The second kappa shape index (κ2) is 3.51. The molecule has 0 bridgehead atoms. The quantitative estimate of drug-likeness (QED) is 0.573. The second-order valence-electron chi connectivity index (χ2n) is 2.22. The molecule has 0 atom stereocenters. The van der Waals surface area contributed by atoms with Crippen LogP contribution in [0, 0.1) is 0 Å². The van der Waals surface area contributed by atoms with Gasteiger partial charge < -0.3 is 0 Å². The largest absolute Gasteiger partial charge is 0.264 e. The Balaban J connectivity index is 0.000000605. The molecule has 2 aromatic rings. The number of hydrogen-bond donors (Lipinski definition) is 0. The van der Waals surface area contributed by atoms with Gasteiger partial charge in [-0.25, -0.2) is 0 Å². The summed E-state index contributed by atoms with van der Waals surface area (Å²) in [5, 5.41) is 2.45. The van der Waals surface area contributed by atoms with Gasteiger partial charge in [0.2, 0.25) is 0 Å². The predicted molar refractivity (Wildman–Crippen MR) is 41.7 cm³/mol. The number of aromatic nitrogens is 1. The van der Waals surface area contributed by atoms with Gasteiger partial charge in [-0.05, 0) is 16.8 Å². The molecule has 11 heavy (non-hydrogen) atoms. The first-order valence-electron chi connectivity index (χ1n) is 3.25. The summed E-state index contributed by atoms with van der Waals surface area (Å²) in [6.45, 7) is 0. The van der Waals surface area contributed by atoms with E-state index in [1.54, 1.807) is 0 Å². The van der Waals surface area contributed by atoms with Gasteiger partial charge in [0.1, 0.15) is 0 Å². The van der Waals surface area contributed by atoms with E-state index in [2.05, 4.69) is 17.1 Å². The molecule has 1 aromatic carbocycles. The maximum Gasteiger partial charge on any atom is 0.0346 e. The van der Waals surface area contributed by atoms with Gasteiger partial charge >= 0.3 is 0 Å². The van der Waals surface area contributed by atoms with Gasteiger partial charge in [-0.3, -0.25) is 4.98 Å². The van der Waals surface area contributed by atoms with Crippen molar-refractivity contribution in [1.82, 2.24) is 4.98 Å². The minimum atomic E-state index is 0. The molecule has 0 saturated heterocycles. The number of benzene rings is 1. The van der Waals surface area contributed by atoms with Crippen molar-refractivity contribution in [1.29, 1.82) is 0 Å². The standard InChI is InChI=1S/C9H7N.Fe/c1-2-4-9-7-10-6-5-8(9)3-1;/h1-7H;. The Morgan fingerprint density at radius 3 is 2.36 bits per heavy atom. The van der Waals surface area contributed by atoms with E-state index in [0.29, 0.717) is 0 Å². The number of rotatable bonds is 0. The van der Waals surface area contributed by atoms with Crippen LogP contribution in [0.1, 0.15) is 0 Å². The molecular weight excluding hydrogens is 178 g/mol. The molecule has 0 spiro atoms. The van der Waals surface area contributed by atoms with Crippen molar-refractivity contribution < 1.29 is 17.1 Å². The van der Waals surface area contributed by atoms with Crippen LogP contribution >= 0.6 is 0 Å².